The van der Waals surface area contributed by atoms with Crippen molar-refractivity contribution in [1.29, 1.82) is 0 Å². The smallest absolute Gasteiger partial charge is 0.230 e. The molecule has 1 aliphatic rings. The van der Waals surface area contributed by atoms with E-state index in [9.17, 15) is 9.18 Å². The Morgan fingerprint density at radius 2 is 2.00 bits per heavy atom. The summed E-state index contributed by atoms with van der Waals surface area (Å²) in [4.78, 5) is 13.4. The average Bonchev–Trinajstić information content (AvgIpc) is 3.07. The van der Waals surface area contributed by atoms with Crippen molar-refractivity contribution in [2.75, 3.05) is 0 Å². The molecule has 2 aromatic rings. The third-order valence-electron chi connectivity index (χ3n) is 3.58. The zero-order valence-electron chi connectivity index (χ0n) is 10.4. The van der Waals surface area contributed by atoms with E-state index in [1.165, 1.54) is 12.1 Å². The first-order valence-electron chi connectivity index (χ1n) is 6.27. The maximum Gasteiger partial charge on any atom is 0.230 e. The van der Waals surface area contributed by atoms with Crippen LogP contribution in [0.4, 0.5) is 4.39 Å². The van der Waals surface area contributed by atoms with Crippen molar-refractivity contribution in [1.82, 2.24) is 5.32 Å². The van der Waals surface area contributed by atoms with Crippen LogP contribution < -0.4 is 5.32 Å². The quantitative estimate of drug-likeness (QED) is 0.912. The van der Waals surface area contributed by atoms with Gasteiger partial charge in [-0.3, -0.25) is 4.79 Å². The maximum absolute atomic E-state index is 12.9. The average molecular weight is 275 g/mol. The largest absolute Gasteiger partial charge is 0.350 e. The number of hydrogen-bond acceptors (Lipinski definition) is 2. The number of thiophene rings is 1. The van der Waals surface area contributed by atoms with E-state index in [2.05, 4.69) is 5.32 Å². The fraction of sp³-hybridized carbons (Fsp3) is 0.267. The summed E-state index contributed by atoms with van der Waals surface area (Å²) in [6.07, 6.45) is 1.68. The monoisotopic (exact) mass is 275 g/mol. The molecule has 1 saturated carbocycles. The van der Waals surface area contributed by atoms with Gasteiger partial charge in [-0.05, 0) is 42.0 Å². The third kappa shape index (κ3) is 2.40. The zero-order valence-corrected chi connectivity index (χ0v) is 11.2. The highest BCUT2D eigenvalue weighted by molar-refractivity contribution is 7.09. The molecule has 1 aliphatic carbocycles. The Kier molecular flexibility index (Phi) is 3.11. The lowest BCUT2D eigenvalue weighted by molar-refractivity contribution is -0.123. The Balaban J connectivity index is 1.70. The SMILES string of the molecule is O=C(NCc1cccs1)C1(c2ccc(F)cc2)CC1. The number of hydrogen-bond donors (Lipinski definition) is 1. The van der Waals surface area contributed by atoms with Crippen molar-refractivity contribution in [3.8, 4) is 0 Å². The Hall–Kier alpha value is -1.68. The number of rotatable bonds is 4. The van der Waals surface area contributed by atoms with Crippen LogP contribution >= 0.6 is 11.3 Å². The van der Waals surface area contributed by atoms with E-state index in [1.807, 2.05) is 17.5 Å². The summed E-state index contributed by atoms with van der Waals surface area (Å²) in [5.74, 6) is -0.217. The molecule has 0 saturated heterocycles. The highest BCUT2D eigenvalue weighted by atomic mass is 32.1. The summed E-state index contributed by atoms with van der Waals surface area (Å²) in [6, 6.07) is 10.2. The molecule has 0 bridgehead atoms. The molecular weight excluding hydrogens is 261 g/mol. The second-order valence-corrected chi connectivity index (χ2v) is 5.88. The molecule has 1 aromatic carbocycles. The highest BCUT2D eigenvalue weighted by Crippen LogP contribution is 2.48. The lowest BCUT2D eigenvalue weighted by Crippen LogP contribution is -2.34. The van der Waals surface area contributed by atoms with Crippen molar-refractivity contribution >= 4 is 17.2 Å². The van der Waals surface area contributed by atoms with Crippen molar-refractivity contribution in [3.05, 3.63) is 58.0 Å². The molecule has 0 aliphatic heterocycles. The lowest BCUT2D eigenvalue weighted by atomic mass is 9.95. The van der Waals surface area contributed by atoms with Gasteiger partial charge in [-0.25, -0.2) is 4.39 Å². The minimum absolute atomic E-state index is 0.0486. The molecule has 3 rings (SSSR count). The van der Waals surface area contributed by atoms with Crippen molar-refractivity contribution in [2.45, 2.75) is 24.8 Å². The molecule has 1 amide bonds. The number of halogens is 1. The van der Waals surface area contributed by atoms with Crippen LogP contribution in [0.3, 0.4) is 0 Å². The van der Waals surface area contributed by atoms with Crippen molar-refractivity contribution in [2.24, 2.45) is 0 Å². The molecule has 1 heterocycles. The first-order valence-corrected chi connectivity index (χ1v) is 7.15. The summed E-state index contributed by atoms with van der Waals surface area (Å²) in [5.41, 5.74) is 0.489. The molecule has 0 atom stereocenters. The van der Waals surface area contributed by atoms with Crippen LogP contribution in [0.1, 0.15) is 23.3 Å². The van der Waals surface area contributed by atoms with E-state index in [4.69, 9.17) is 0 Å². The van der Waals surface area contributed by atoms with Gasteiger partial charge in [0.25, 0.3) is 0 Å². The Morgan fingerprint density at radius 1 is 1.26 bits per heavy atom. The normalized spacial score (nSPS) is 16.1. The first kappa shape index (κ1) is 12.4. The first-order chi connectivity index (χ1) is 9.21. The topological polar surface area (TPSA) is 29.1 Å². The minimum Gasteiger partial charge on any atom is -0.350 e. The van der Waals surface area contributed by atoms with Gasteiger partial charge in [0.2, 0.25) is 5.91 Å². The zero-order chi connectivity index (χ0) is 13.3. The number of carbonyl (C=O) groups excluding carboxylic acids is 1. The molecule has 0 radical (unpaired) electrons. The molecule has 2 nitrogen and oxygen atoms in total. The van der Waals surface area contributed by atoms with Gasteiger partial charge in [0.15, 0.2) is 0 Å². The summed E-state index contributed by atoms with van der Waals surface area (Å²) in [7, 11) is 0. The van der Waals surface area contributed by atoms with E-state index in [0.29, 0.717) is 6.54 Å². The Labute approximate surface area is 115 Å². The van der Waals surface area contributed by atoms with Crippen LogP contribution in [-0.4, -0.2) is 5.91 Å². The van der Waals surface area contributed by atoms with Gasteiger partial charge >= 0.3 is 0 Å². The van der Waals surface area contributed by atoms with E-state index < -0.39 is 5.41 Å². The predicted molar refractivity (Wildman–Crippen MR) is 73.5 cm³/mol. The standard InChI is InChI=1S/C15H14FNOS/c16-12-5-3-11(4-6-12)15(7-8-15)14(18)17-10-13-2-1-9-19-13/h1-6,9H,7-8,10H2,(H,17,18). The second kappa shape index (κ2) is 4.78. The van der Waals surface area contributed by atoms with Gasteiger partial charge in [0, 0.05) is 4.88 Å². The van der Waals surface area contributed by atoms with Crippen molar-refractivity contribution < 1.29 is 9.18 Å². The van der Waals surface area contributed by atoms with Crippen LogP contribution in [0.2, 0.25) is 0 Å². The van der Waals surface area contributed by atoms with E-state index >= 15 is 0 Å². The van der Waals surface area contributed by atoms with Crippen molar-refractivity contribution in [3.63, 3.8) is 0 Å². The molecular formula is C15H14FNOS. The second-order valence-electron chi connectivity index (χ2n) is 4.85. The fourth-order valence-electron chi connectivity index (χ4n) is 2.29. The molecule has 0 spiro atoms. The van der Waals surface area contributed by atoms with Gasteiger partial charge in [0.1, 0.15) is 5.82 Å². The molecule has 19 heavy (non-hydrogen) atoms. The third-order valence-corrected chi connectivity index (χ3v) is 4.46. The van der Waals surface area contributed by atoms with Gasteiger partial charge in [-0.1, -0.05) is 18.2 Å². The number of benzene rings is 1. The fourth-order valence-corrected chi connectivity index (χ4v) is 2.94. The molecule has 1 aromatic heterocycles. The molecule has 0 unspecified atom stereocenters. The van der Waals surface area contributed by atoms with Gasteiger partial charge in [0.05, 0.1) is 12.0 Å². The Bertz CT molecular complexity index is 573. The van der Waals surface area contributed by atoms with Crippen LogP contribution in [0.15, 0.2) is 41.8 Å². The van der Waals surface area contributed by atoms with Gasteiger partial charge < -0.3 is 5.32 Å². The number of nitrogens with one attached hydrogen (secondary N) is 1. The number of carbonyl (C=O) groups is 1. The predicted octanol–water partition coefficient (Wildman–Crippen LogP) is 3.24. The Morgan fingerprint density at radius 3 is 2.58 bits per heavy atom. The van der Waals surface area contributed by atoms with Gasteiger partial charge in [-0.2, -0.15) is 0 Å². The van der Waals surface area contributed by atoms with Crippen LogP contribution in [-0.2, 0) is 16.8 Å². The van der Waals surface area contributed by atoms with Crippen LogP contribution in [0.25, 0.3) is 0 Å². The lowest BCUT2D eigenvalue weighted by Gasteiger charge is -2.15. The molecule has 4 heteroatoms. The van der Waals surface area contributed by atoms with E-state index in [1.54, 1.807) is 23.5 Å². The molecule has 1 N–H and O–H groups in total. The summed E-state index contributed by atoms with van der Waals surface area (Å²) < 4.78 is 12.9. The van der Waals surface area contributed by atoms with Crippen LogP contribution in [0, 0.1) is 5.82 Å². The van der Waals surface area contributed by atoms with E-state index in [-0.39, 0.29) is 11.7 Å². The summed E-state index contributed by atoms with van der Waals surface area (Å²) >= 11 is 1.63. The maximum atomic E-state index is 12.9. The van der Waals surface area contributed by atoms with Gasteiger partial charge in [-0.15, -0.1) is 11.3 Å². The molecule has 98 valence electrons. The minimum atomic E-state index is -0.426. The van der Waals surface area contributed by atoms with E-state index in [0.717, 1.165) is 23.3 Å². The van der Waals surface area contributed by atoms with Crippen LogP contribution in [0.5, 0.6) is 0 Å². The molecule has 1 fully saturated rings. The highest BCUT2D eigenvalue weighted by Gasteiger charge is 2.51. The summed E-state index contributed by atoms with van der Waals surface area (Å²) in [6.45, 7) is 0.569. The summed E-state index contributed by atoms with van der Waals surface area (Å²) in [5, 5.41) is 4.97. The number of amides is 1.